The molecule has 2 rings (SSSR count). The van der Waals surface area contributed by atoms with Gasteiger partial charge in [-0.2, -0.15) is 4.31 Å². The van der Waals surface area contributed by atoms with E-state index in [1.54, 1.807) is 17.0 Å². The average Bonchev–Trinajstić information content (AvgIpc) is 2.61. The van der Waals surface area contributed by atoms with Crippen molar-refractivity contribution in [2.24, 2.45) is 0 Å². The molecule has 1 fully saturated rings. The molecule has 0 bridgehead atoms. The topological polar surface area (TPSA) is 66.9 Å². The lowest BCUT2D eigenvalue weighted by Crippen LogP contribution is -2.50. The van der Waals surface area contributed by atoms with Gasteiger partial charge in [0.05, 0.1) is 7.11 Å². The maximum absolute atomic E-state index is 13.0. The Labute approximate surface area is 150 Å². The molecule has 0 atom stereocenters. The van der Waals surface area contributed by atoms with E-state index in [1.165, 1.54) is 11.4 Å². The maximum Gasteiger partial charge on any atom is 0.246 e. The first-order valence-corrected chi connectivity index (χ1v) is 10.2. The highest BCUT2D eigenvalue weighted by atomic mass is 32.2. The summed E-state index contributed by atoms with van der Waals surface area (Å²) < 4.78 is 32.8. The minimum Gasteiger partial charge on any atom is -0.495 e. The van der Waals surface area contributed by atoms with Crippen LogP contribution in [0.4, 0.5) is 0 Å². The standard InChI is InChI=1S/C18H28N2O4S/c1-5-6-18(21)19-9-11-20(12-10-19)25(22,23)17-8-7-15(14(2)3)13-16(17)24-4/h7-8,13-14H,5-6,9-12H2,1-4H3. The van der Waals surface area contributed by atoms with Crippen molar-refractivity contribution in [1.82, 2.24) is 9.21 Å². The van der Waals surface area contributed by atoms with E-state index < -0.39 is 10.0 Å². The number of sulfonamides is 1. The number of rotatable bonds is 6. The molecule has 6 nitrogen and oxygen atoms in total. The number of amides is 1. The van der Waals surface area contributed by atoms with Gasteiger partial charge in [-0.05, 0) is 30.0 Å². The van der Waals surface area contributed by atoms with Gasteiger partial charge in [0, 0.05) is 32.6 Å². The fourth-order valence-electron chi connectivity index (χ4n) is 2.95. The van der Waals surface area contributed by atoms with Crippen LogP contribution in [-0.2, 0) is 14.8 Å². The van der Waals surface area contributed by atoms with Gasteiger partial charge in [-0.1, -0.05) is 26.8 Å². The predicted octanol–water partition coefficient (Wildman–Crippen LogP) is 2.45. The quantitative estimate of drug-likeness (QED) is 0.773. The van der Waals surface area contributed by atoms with Crippen molar-refractivity contribution >= 4 is 15.9 Å². The maximum atomic E-state index is 13.0. The number of nitrogens with zero attached hydrogens (tertiary/aromatic N) is 2. The van der Waals surface area contributed by atoms with Crippen LogP contribution in [-0.4, -0.2) is 56.8 Å². The number of ether oxygens (including phenoxy) is 1. The molecule has 1 aliphatic heterocycles. The lowest BCUT2D eigenvalue weighted by atomic mass is 10.0. The first kappa shape index (κ1) is 19.7. The minimum absolute atomic E-state index is 0.0958. The van der Waals surface area contributed by atoms with Crippen LogP contribution in [0.1, 0.15) is 45.1 Å². The molecule has 0 radical (unpaired) electrons. The molecule has 7 heteroatoms. The Morgan fingerprint density at radius 2 is 1.84 bits per heavy atom. The lowest BCUT2D eigenvalue weighted by molar-refractivity contribution is -0.132. The Morgan fingerprint density at radius 3 is 2.36 bits per heavy atom. The summed E-state index contributed by atoms with van der Waals surface area (Å²) in [6.07, 6.45) is 1.31. The van der Waals surface area contributed by atoms with E-state index in [0.717, 1.165) is 12.0 Å². The second-order valence-corrected chi connectivity index (χ2v) is 8.51. The van der Waals surface area contributed by atoms with Crippen LogP contribution >= 0.6 is 0 Å². The first-order valence-electron chi connectivity index (χ1n) is 8.77. The molecular weight excluding hydrogens is 340 g/mol. The Balaban J connectivity index is 2.19. The van der Waals surface area contributed by atoms with E-state index in [-0.39, 0.29) is 10.8 Å². The summed E-state index contributed by atoms with van der Waals surface area (Å²) >= 11 is 0. The van der Waals surface area contributed by atoms with Crippen molar-refractivity contribution in [1.29, 1.82) is 0 Å². The summed E-state index contributed by atoms with van der Waals surface area (Å²) in [6, 6.07) is 5.25. The molecule has 25 heavy (non-hydrogen) atoms. The van der Waals surface area contributed by atoms with Crippen LogP contribution in [0.25, 0.3) is 0 Å². The number of hydrogen-bond acceptors (Lipinski definition) is 4. The number of benzene rings is 1. The van der Waals surface area contributed by atoms with E-state index in [0.29, 0.717) is 44.3 Å². The molecule has 1 aromatic rings. The molecule has 1 saturated heterocycles. The van der Waals surface area contributed by atoms with Crippen molar-refractivity contribution in [3.05, 3.63) is 23.8 Å². The fourth-order valence-corrected chi connectivity index (χ4v) is 4.50. The second-order valence-electron chi connectivity index (χ2n) is 6.60. The van der Waals surface area contributed by atoms with Crippen LogP contribution < -0.4 is 4.74 Å². The third-order valence-electron chi connectivity index (χ3n) is 4.53. The third-order valence-corrected chi connectivity index (χ3v) is 6.47. The highest BCUT2D eigenvalue weighted by Crippen LogP contribution is 2.30. The van der Waals surface area contributed by atoms with Gasteiger partial charge in [-0.3, -0.25) is 4.79 Å². The van der Waals surface area contributed by atoms with Gasteiger partial charge in [-0.25, -0.2) is 8.42 Å². The summed E-state index contributed by atoms with van der Waals surface area (Å²) in [5, 5.41) is 0. The van der Waals surface area contributed by atoms with Gasteiger partial charge < -0.3 is 9.64 Å². The largest absolute Gasteiger partial charge is 0.495 e. The van der Waals surface area contributed by atoms with E-state index in [9.17, 15) is 13.2 Å². The van der Waals surface area contributed by atoms with E-state index in [4.69, 9.17) is 4.74 Å². The normalized spacial score (nSPS) is 16.3. The van der Waals surface area contributed by atoms with Gasteiger partial charge in [0.15, 0.2) is 0 Å². The average molecular weight is 368 g/mol. The molecular formula is C18H28N2O4S. The van der Waals surface area contributed by atoms with Gasteiger partial charge in [-0.15, -0.1) is 0 Å². The SMILES string of the molecule is CCCC(=O)N1CCN(S(=O)(=O)c2ccc(C(C)C)cc2OC)CC1. The summed E-state index contributed by atoms with van der Waals surface area (Å²) in [6.45, 7) is 7.56. The Kier molecular flexibility index (Phi) is 6.46. The van der Waals surface area contributed by atoms with E-state index in [2.05, 4.69) is 13.8 Å². The third kappa shape index (κ3) is 4.33. The van der Waals surface area contributed by atoms with Gasteiger partial charge >= 0.3 is 0 Å². The number of methoxy groups -OCH3 is 1. The van der Waals surface area contributed by atoms with Crippen molar-refractivity contribution in [2.75, 3.05) is 33.3 Å². The fraction of sp³-hybridized carbons (Fsp3) is 0.611. The smallest absolute Gasteiger partial charge is 0.246 e. The van der Waals surface area contributed by atoms with Crippen molar-refractivity contribution in [2.45, 2.75) is 44.4 Å². The van der Waals surface area contributed by atoms with E-state index in [1.807, 2.05) is 13.0 Å². The molecule has 0 spiro atoms. The molecule has 1 aromatic carbocycles. The highest BCUT2D eigenvalue weighted by Gasteiger charge is 2.32. The second kappa shape index (κ2) is 8.19. The number of carbonyl (C=O) groups is 1. The zero-order chi connectivity index (χ0) is 18.6. The van der Waals surface area contributed by atoms with Crippen molar-refractivity contribution in [3.63, 3.8) is 0 Å². The summed E-state index contributed by atoms with van der Waals surface area (Å²) in [5.41, 5.74) is 1.03. The highest BCUT2D eigenvalue weighted by molar-refractivity contribution is 7.89. The van der Waals surface area contributed by atoms with Crippen LogP contribution in [0.3, 0.4) is 0 Å². The molecule has 0 unspecified atom stereocenters. The monoisotopic (exact) mass is 368 g/mol. The van der Waals surface area contributed by atoms with Crippen molar-refractivity contribution < 1.29 is 17.9 Å². The Hall–Kier alpha value is -1.60. The molecule has 1 heterocycles. The van der Waals surface area contributed by atoms with Crippen LogP contribution in [0, 0.1) is 0 Å². The summed E-state index contributed by atoms with van der Waals surface area (Å²) in [5.74, 6) is 0.757. The number of hydrogen-bond donors (Lipinski definition) is 0. The van der Waals surface area contributed by atoms with E-state index >= 15 is 0 Å². The molecule has 140 valence electrons. The predicted molar refractivity (Wildman–Crippen MR) is 97.3 cm³/mol. The molecule has 1 amide bonds. The molecule has 0 saturated carbocycles. The lowest BCUT2D eigenvalue weighted by Gasteiger charge is -2.34. The van der Waals surface area contributed by atoms with Gasteiger partial charge in [0.2, 0.25) is 15.9 Å². The molecule has 0 aromatic heterocycles. The van der Waals surface area contributed by atoms with Crippen LogP contribution in [0.15, 0.2) is 23.1 Å². The van der Waals surface area contributed by atoms with Gasteiger partial charge in [0.1, 0.15) is 10.6 Å². The number of piperazine rings is 1. The van der Waals surface area contributed by atoms with Crippen LogP contribution in [0.2, 0.25) is 0 Å². The van der Waals surface area contributed by atoms with Gasteiger partial charge in [0.25, 0.3) is 0 Å². The number of carbonyl (C=O) groups excluding carboxylic acids is 1. The zero-order valence-electron chi connectivity index (χ0n) is 15.5. The van der Waals surface area contributed by atoms with Crippen molar-refractivity contribution in [3.8, 4) is 5.75 Å². The first-order chi connectivity index (χ1) is 11.8. The Morgan fingerprint density at radius 1 is 1.20 bits per heavy atom. The molecule has 0 aliphatic carbocycles. The molecule has 0 N–H and O–H groups in total. The summed E-state index contributed by atoms with van der Waals surface area (Å²) in [4.78, 5) is 13.9. The summed E-state index contributed by atoms with van der Waals surface area (Å²) in [7, 11) is -2.15. The zero-order valence-corrected chi connectivity index (χ0v) is 16.3. The molecule has 1 aliphatic rings. The van der Waals surface area contributed by atoms with Crippen LogP contribution in [0.5, 0.6) is 5.75 Å². The Bertz CT molecular complexity index is 708. The minimum atomic E-state index is -3.64.